The summed E-state index contributed by atoms with van der Waals surface area (Å²) in [5.74, 6) is -2.33. The summed E-state index contributed by atoms with van der Waals surface area (Å²) in [5, 5.41) is 15.4. The van der Waals surface area contributed by atoms with Crippen LogP contribution >= 0.6 is 0 Å². The molecule has 0 aliphatic carbocycles. The monoisotopic (exact) mass is 480 g/mol. The second kappa shape index (κ2) is 11.5. The normalized spacial score (nSPS) is 14.1. The van der Waals surface area contributed by atoms with Gasteiger partial charge < -0.3 is 25.2 Å². The lowest BCUT2D eigenvalue weighted by Gasteiger charge is -2.23. The van der Waals surface area contributed by atoms with Gasteiger partial charge in [-0.15, -0.1) is 0 Å². The van der Waals surface area contributed by atoms with Crippen LogP contribution in [-0.2, 0) is 11.4 Å². The van der Waals surface area contributed by atoms with Crippen molar-refractivity contribution in [3.8, 4) is 17.2 Å². The number of rotatable bonds is 8. The molecule has 0 aromatic heterocycles. The maximum Gasteiger partial charge on any atom is 0.248 e. The molecule has 1 fully saturated rings. The smallest absolute Gasteiger partial charge is 0.248 e. The van der Waals surface area contributed by atoms with Gasteiger partial charge in [-0.05, 0) is 74.5 Å². The van der Waals surface area contributed by atoms with Gasteiger partial charge in [-0.25, -0.2) is 8.78 Å². The number of halogens is 2. The van der Waals surface area contributed by atoms with Crippen molar-refractivity contribution in [1.29, 1.82) is 0 Å². The second-order valence-electron chi connectivity index (χ2n) is 8.11. The number of hydrogen-bond acceptors (Lipinski definition) is 5. The van der Waals surface area contributed by atoms with Gasteiger partial charge in [0.2, 0.25) is 5.91 Å². The fraction of sp³-hybridized carbons (Fsp3) is 0.222. The maximum absolute atomic E-state index is 13.9. The predicted octanol–water partition coefficient (Wildman–Crippen LogP) is 5.03. The van der Waals surface area contributed by atoms with Crippen LogP contribution in [0, 0.1) is 11.6 Å². The number of aromatic hydroxyl groups is 1. The van der Waals surface area contributed by atoms with Crippen LogP contribution in [0.2, 0.25) is 0 Å². The highest BCUT2D eigenvalue weighted by Gasteiger charge is 2.14. The Balaban J connectivity index is 1.34. The number of para-hydroxylation sites is 1. The van der Waals surface area contributed by atoms with Gasteiger partial charge in [0.05, 0.1) is 0 Å². The zero-order valence-electron chi connectivity index (χ0n) is 19.0. The molecule has 6 nitrogen and oxygen atoms in total. The Bertz CT molecular complexity index is 1190. The Labute approximate surface area is 202 Å². The van der Waals surface area contributed by atoms with E-state index >= 15 is 0 Å². The van der Waals surface area contributed by atoms with Crippen LogP contribution in [0.3, 0.4) is 0 Å². The van der Waals surface area contributed by atoms with Gasteiger partial charge >= 0.3 is 0 Å². The third-order valence-electron chi connectivity index (χ3n) is 5.59. The van der Waals surface area contributed by atoms with E-state index in [9.17, 15) is 18.7 Å². The van der Waals surface area contributed by atoms with Crippen molar-refractivity contribution in [3.05, 3.63) is 89.5 Å². The zero-order chi connectivity index (χ0) is 24.6. The summed E-state index contributed by atoms with van der Waals surface area (Å²) in [7, 11) is 0. The number of phenols is 1. The van der Waals surface area contributed by atoms with Crippen molar-refractivity contribution in [1.82, 2.24) is 5.32 Å². The summed E-state index contributed by atoms with van der Waals surface area (Å²) >= 11 is 0. The first-order valence-electron chi connectivity index (χ1n) is 11.3. The lowest BCUT2D eigenvalue weighted by Crippen LogP contribution is -2.34. The molecule has 1 saturated heterocycles. The van der Waals surface area contributed by atoms with Crippen molar-refractivity contribution in [2.45, 2.75) is 25.6 Å². The number of anilines is 1. The average Bonchev–Trinajstić information content (AvgIpc) is 2.88. The van der Waals surface area contributed by atoms with E-state index in [0.29, 0.717) is 11.4 Å². The molecule has 0 unspecified atom stereocenters. The molecule has 1 aliphatic rings. The van der Waals surface area contributed by atoms with E-state index < -0.39 is 23.3 Å². The van der Waals surface area contributed by atoms with Gasteiger partial charge in [0.15, 0.2) is 17.4 Å². The summed E-state index contributed by atoms with van der Waals surface area (Å²) in [6.07, 6.45) is 4.46. The highest BCUT2D eigenvalue weighted by molar-refractivity contribution is 6.02. The number of benzene rings is 3. The molecule has 8 heteroatoms. The van der Waals surface area contributed by atoms with Crippen molar-refractivity contribution < 1.29 is 28.2 Å². The molecule has 1 aliphatic heterocycles. The maximum atomic E-state index is 13.9. The molecule has 3 aromatic rings. The van der Waals surface area contributed by atoms with Crippen LogP contribution in [0.25, 0.3) is 6.08 Å². The second-order valence-corrected chi connectivity index (χ2v) is 8.11. The SMILES string of the molecule is O=C(/C=C/c1ccc(F)c(O)c1F)Nc1ccccc1COc1ccc(OC2CCNCC2)cc1. The Morgan fingerprint density at radius 3 is 2.51 bits per heavy atom. The molecule has 0 bridgehead atoms. The number of amides is 1. The lowest BCUT2D eigenvalue weighted by molar-refractivity contribution is -0.111. The fourth-order valence-corrected chi connectivity index (χ4v) is 3.67. The van der Waals surface area contributed by atoms with Crippen molar-refractivity contribution in [3.63, 3.8) is 0 Å². The predicted molar refractivity (Wildman–Crippen MR) is 129 cm³/mol. The molecular weight excluding hydrogens is 454 g/mol. The van der Waals surface area contributed by atoms with Crippen molar-refractivity contribution in [2.24, 2.45) is 0 Å². The molecule has 0 atom stereocenters. The topological polar surface area (TPSA) is 79.8 Å². The largest absolute Gasteiger partial charge is 0.503 e. The van der Waals surface area contributed by atoms with Crippen LogP contribution in [-0.4, -0.2) is 30.2 Å². The highest BCUT2D eigenvalue weighted by atomic mass is 19.1. The van der Waals surface area contributed by atoms with Crippen LogP contribution in [0.1, 0.15) is 24.0 Å². The molecule has 0 spiro atoms. The molecule has 3 aromatic carbocycles. The van der Waals surface area contributed by atoms with E-state index in [2.05, 4.69) is 10.6 Å². The first kappa shape index (κ1) is 24.2. The van der Waals surface area contributed by atoms with E-state index in [1.54, 1.807) is 12.1 Å². The van der Waals surface area contributed by atoms with E-state index in [1.165, 1.54) is 0 Å². The lowest BCUT2D eigenvalue weighted by atomic mass is 10.1. The molecule has 4 rings (SSSR count). The van der Waals surface area contributed by atoms with Crippen LogP contribution in [0.15, 0.2) is 66.7 Å². The van der Waals surface area contributed by atoms with Gasteiger partial charge in [-0.3, -0.25) is 4.79 Å². The number of nitrogens with one attached hydrogen (secondary N) is 2. The summed E-state index contributed by atoms with van der Waals surface area (Å²) in [6, 6.07) is 16.7. The molecule has 3 N–H and O–H groups in total. The van der Waals surface area contributed by atoms with Gasteiger partial charge in [0.1, 0.15) is 24.2 Å². The summed E-state index contributed by atoms with van der Waals surface area (Å²) in [5.41, 5.74) is 1.17. The van der Waals surface area contributed by atoms with Gasteiger partial charge in [0.25, 0.3) is 0 Å². The molecule has 35 heavy (non-hydrogen) atoms. The van der Waals surface area contributed by atoms with Gasteiger partial charge in [0, 0.05) is 22.9 Å². The van der Waals surface area contributed by atoms with Crippen LogP contribution < -0.4 is 20.1 Å². The average molecular weight is 481 g/mol. The molecule has 0 saturated carbocycles. The fourth-order valence-electron chi connectivity index (χ4n) is 3.67. The number of carbonyl (C=O) groups is 1. The molecule has 1 amide bonds. The molecular formula is C27H26F2N2O4. The minimum atomic E-state index is -1.13. The van der Waals surface area contributed by atoms with E-state index in [0.717, 1.165) is 61.5 Å². The highest BCUT2D eigenvalue weighted by Crippen LogP contribution is 2.25. The zero-order valence-corrected chi connectivity index (χ0v) is 19.0. The first-order chi connectivity index (χ1) is 17.0. The molecule has 0 radical (unpaired) electrons. The quantitative estimate of drug-likeness (QED) is 0.394. The minimum absolute atomic E-state index is 0.108. The standard InChI is InChI=1S/C27H26F2N2O4/c28-23-11-5-18(26(29)27(23)33)6-12-25(32)31-24-4-2-1-3-19(24)17-34-20-7-9-21(10-8-20)35-22-13-15-30-16-14-22/h1-12,22,30,33H,13-17H2,(H,31,32)/b12-6+. The summed E-state index contributed by atoms with van der Waals surface area (Å²) in [4.78, 5) is 12.4. The van der Waals surface area contributed by atoms with Crippen molar-refractivity contribution >= 4 is 17.7 Å². The Morgan fingerprint density at radius 1 is 1.03 bits per heavy atom. The number of piperidine rings is 1. The van der Waals surface area contributed by atoms with E-state index in [4.69, 9.17) is 9.47 Å². The third-order valence-corrected chi connectivity index (χ3v) is 5.59. The van der Waals surface area contributed by atoms with E-state index in [1.807, 2.05) is 36.4 Å². The summed E-state index contributed by atoms with van der Waals surface area (Å²) in [6.45, 7) is 2.14. The summed E-state index contributed by atoms with van der Waals surface area (Å²) < 4.78 is 39.0. The Morgan fingerprint density at radius 2 is 1.74 bits per heavy atom. The Kier molecular flexibility index (Phi) is 7.95. The number of ether oxygens (including phenoxy) is 2. The first-order valence-corrected chi connectivity index (χ1v) is 11.3. The Hall–Kier alpha value is -3.91. The minimum Gasteiger partial charge on any atom is -0.503 e. The number of carbonyl (C=O) groups excluding carboxylic acids is 1. The van der Waals surface area contributed by atoms with Gasteiger partial charge in [-0.2, -0.15) is 0 Å². The van der Waals surface area contributed by atoms with Crippen LogP contribution in [0.4, 0.5) is 14.5 Å². The van der Waals surface area contributed by atoms with Crippen LogP contribution in [0.5, 0.6) is 17.2 Å². The third kappa shape index (κ3) is 6.58. The molecule has 1 heterocycles. The molecule has 182 valence electrons. The number of hydrogen-bond donors (Lipinski definition) is 3. The van der Waals surface area contributed by atoms with Gasteiger partial charge in [-0.1, -0.05) is 18.2 Å². The van der Waals surface area contributed by atoms with Crippen molar-refractivity contribution in [2.75, 3.05) is 18.4 Å². The number of phenolic OH excluding ortho intramolecular Hbond substituents is 1. The van der Waals surface area contributed by atoms with E-state index in [-0.39, 0.29) is 18.3 Å².